The standard InChI is InChI=1S/C9H13N3O3/c13-9(14)3-4-12(7-1-2-7)5-8-10-6-15-11-8/h6-7H,1-5H2,(H,13,14). The Balaban J connectivity index is 1.86. The highest BCUT2D eigenvalue weighted by atomic mass is 16.5. The van der Waals surface area contributed by atoms with Crippen LogP contribution in [0.3, 0.4) is 0 Å². The fourth-order valence-electron chi connectivity index (χ4n) is 1.51. The van der Waals surface area contributed by atoms with Crippen molar-refractivity contribution >= 4 is 5.97 Å². The summed E-state index contributed by atoms with van der Waals surface area (Å²) in [7, 11) is 0. The summed E-state index contributed by atoms with van der Waals surface area (Å²) in [6.45, 7) is 1.13. The summed E-state index contributed by atoms with van der Waals surface area (Å²) in [5.41, 5.74) is 0. The highest BCUT2D eigenvalue weighted by molar-refractivity contribution is 5.66. The van der Waals surface area contributed by atoms with Crippen LogP contribution in [0.2, 0.25) is 0 Å². The first kappa shape index (κ1) is 10.1. The van der Waals surface area contributed by atoms with E-state index in [-0.39, 0.29) is 6.42 Å². The summed E-state index contributed by atoms with van der Waals surface area (Å²) in [6.07, 6.45) is 3.72. The molecule has 2 rings (SSSR count). The molecule has 0 spiro atoms. The van der Waals surface area contributed by atoms with Crippen LogP contribution in [0.25, 0.3) is 0 Å². The van der Waals surface area contributed by atoms with Crippen LogP contribution in [0.4, 0.5) is 0 Å². The molecule has 0 aliphatic heterocycles. The van der Waals surface area contributed by atoms with Gasteiger partial charge in [-0.2, -0.15) is 4.98 Å². The Hall–Kier alpha value is -1.43. The SMILES string of the molecule is O=C(O)CCN(Cc1ncon1)C1CC1. The Morgan fingerprint density at radius 3 is 3.00 bits per heavy atom. The Morgan fingerprint density at radius 1 is 1.67 bits per heavy atom. The molecule has 1 aliphatic carbocycles. The van der Waals surface area contributed by atoms with Crippen molar-refractivity contribution in [1.29, 1.82) is 0 Å². The fraction of sp³-hybridized carbons (Fsp3) is 0.667. The van der Waals surface area contributed by atoms with E-state index in [1.807, 2.05) is 0 Å². The number of carboxylic acid groups (broad SMARTS) is 1. The molecule has 0 amide bonds. The van der Waals surface area contributed by atoms with Crippen molar-refractivity contribution in [3.05, 3.63) is 12.2 Å². The second-order valence-corrected chi connectivity index (χ2v) is 3.69. The van der Waals surface area contributed by atoms with E-state index >= 15 is 0 Å². The maximum atomic E-state index is 10.5. The zero-order valence-corrected chi connectivity index (χ0v) is 8.30. The van der Waals surface area contributed by atoms with Gasteiger partial charge in [-0.05, 0) is 12.8 Å². The third kappa shape index (κ3) is 3.02. The van der Waals surface area contributed by atoms with Gasteiger partial charge < -0.3 is 9.63 Å². The number of nitrogens with zero attached hydrogens (tertiary/aromatic N) is 3. The summed E-state index contributed by atoms with van der Waals surface area (Å²) >= 11 is 0. The highest BCUT2D eigenvalue weighted by Gasteiger charge is 2.29. The number of aliphatic carboxylic acids is 1. The van der Waals surface area contributed by atoms with Gasteiger partial charge in [-0.25, -0.2) is 0 Å². The third-order valence-corrected chi connectivity index (χ3v) is 2.43. The van der Waals surface area contributed by atoms with Gasteiger partial charge in [0.05, 0.1) is 13.0 Å². The topological polar surface area (TPSA) is 79.5 Å². The van der Waals surface area contributed by atoms with Crippen LogP contribution in [-0.4, -0.2) is 38.7 Å². The Morgan fingerprint density at radius 2 is 2.47 bits per heavy atom. The highest BCUT2D eigenvalue weighted by Crippen LogP contribution is 2.27. The first-order valence-electron chi connectivity index (χ1n) is 4.97. The molecule has 82 valence electrons. The molecule has 1 heterocycles. The molecular weight excluding hydrogens is 198 g/mol. The molecule has 6 heteroatoms. The zero-order valence-electron chi connectivity index (χ0n) is 8.30. The minimum atomic E-state index is -0.770. The molecule has 0 bridgehead atoms. The predicted molar refractivity (Wildman–Crippen MR) is 50.0 cm³/mol. The van der Waals surface area contributed by atoms with Crippen molar-refractivity contribution in [2.75, 3.05) is 6.54 Å². The van der Waals surface area contributed by atoms with Gasteiger partial charge in [0.1, 0.15) is 0 Å². The molecular formula is C9H13N3O3. The summed E-state index contributed by atoms with van der Waals surface area (Å²) in [6, 6.07) is 0.503. The first-order chi connectivity index (χ1) is 7.25. The molecule has 0 aromatic carbocycles. The van der Waals surface area contributed by atoms with Gasteiger partial charge in [0.25, 0.3) is 0 Å². The molecule has 1 aromatic rings. The molecule has 1 aromatic heterocycles. The number of hydrogen-bond donors (Lipinski definition) is 1. The van der Waals surface area contributed by atoms with E-state index in [1.54, 1.807) is 0 Å². The molecule has 0 unspecified atom stereocenters. The van der Waals surface area contributed by atoms with Crippen molar-refractivity contribution in [3.8, 4) is 0 Å². The fourth-order valence-corrected chi connectivity index (χ4v) is 1.51. The second kappa shape index (κ2) is 4.39. The molecule has 1 fully saturated rings. The van der Waals surface area contributed by atoms with Crippen LogP contribution in [0.1, 0.15) is 25.1 Å². The maximum Gasteiger partial charge on any atom is 0.304 e. The van der Waals surface area contributed by atoms with E-state index in [2.05, 4.69) is 19.6 Å². The quantitative estimate of drug-likeness (QED) is 0.738. The minimum Gasteiger partial charge on any atom is -0.481 e. The number of aromatic nitrogens is 2. The predicted octanol–water partition coefficient (Wildman–Crippen LogP) is 0.509. The van der Waals surface area contributed by atoms with Crippen LogP contribution >= 0.6 is 0 Å². The lowest BCUT2D eigenvalue weighted by molar-refractivity contribution is -0.137. The van der Waals surface area contributed by atoms with E-state index < -0.39 is 5.97 Å². The lowest BCUT2D eigenvalue weighted by Gasteiger charge is -2.18. The smallest absolute Gasteiger partial charge is 0.304 e. The van der Waals surface area contributed by atoms with Gasteiger partial charge in [0.15, 0.2) is 5.82 Å². The molecule has 6 nitrogen and oxygen atoms in total. The Bertz CT molecular complexity index is 321. The van der Waals surface area contributed by atoms with Gasteiger partial charge in [0, 0.05) is 12.6 Å². The third-order valence-electron chi connectivity index (χ3n) is 2.43. The van der Waals surface area contributed by atoms with Crippen LogP contribution in [0.15, 0.2) is 10.9 Å². The van der Waals surface area contributed by atoms with Gasteiger partial charge in [0.2, 0.25) is 6.39 Å². The lowest BCUT2D eigenvalue weighted by atomic mass is 10.3. The molecule has 1 N–H and O–H groups in total. The van der Waals surface area contributed by atoms with E-state index in [0.717, 1.165) is 12.8 Å². The number of rotatable bonds is 6. The average molecular weight is 211 g/mol. The van der Waals surface area contributed by atoms with Crippen LogP contribution in [0, 0.1) is 0 Å². The maximum absolute atomic E-state index is 10.5. The first-order valence-corrected chi connectivity index (χ1v) is 4.97. The van der Waals surface area contributed by atoms with Crippen LogP contribution < -0.4 is 0 Å². The zero-order chi connectivity index (χ0) is 10.7. The normalized spacial score (nSPS) is 15.8. The molecule has 0 atom stereocenters. The number of carbonyl (C=O) groups is 1. The number of hydrogen-bond acceptors (Lipinski definition) is 5. The molecule has 15 heavy (non-hydrogen) atoms. The van der Waals surface area contributed by atoms with Crippen molar-refractivity contribution in [1.82, 2.24) is 15.0 Å². The van der Waals surface area contributed by atoms with Gasteiger partial charge in [-0.3, -0.25) is 9.69 Å². The van der Waals surface area contributed by atoms with Gasteiger partial charge in [-0.1, -0.05) is 5.16 Å². The largest absolute Gasteiger partial charge is 0.481 e. The van der Waals surface area contributed by atoms with Crippen LogP contribution in [-0.2, 0) is 11.3 Å². The number of carboxylic acids is 1. The van der Waals surface area contributed by atoms with E-state index in [4.69, 9.17) is 5.11 Å². The Kier molecular flexibility index (Phi) is 2.96. The van der Waals surface area contributed by atoms with E-state index in [1.165, 1.54) is 6.39 Å². The monoisotopic (exact) mass is 211 g/mol. The van der Waals surface area contributed by atoms with Crippen molar-refractivity contribution in [2.45, 2.75) is 31.8 Å². The van der Waals surface area contributed by atoms with E-state index in [9.17, 15) is 4.79 Å². The molecule has 0 radical (unpaired) electrons. The van der Waals surface area contributed by atoms with Crippen LogP contribution in [0.5, 0.6) is 0 Å². The summed E-state index contributed by atoms with van der Waals surface area (Å²) in [5.74, 6) is -0.152. The average Bonchev–Trinajstić information content (AvgIpc) is 2.91. The summed E-state index contributed by atoms with van der Waals surface area (Å²) < 4.78 is 4.64. The van der Waals surface area contributed by atoms with Crippen molar-refractivity contribution in [3.63, 3.8) is 0 Å². The molecule has 1 saturated carbocycles. The van der Waals surface area contributed by atoms with Crippen molar-refractivity contribution in [2.24, 2.45) is 0 Å². The van der Waals surface area contributed by atoms with Crippen molar-refractivity contribution < 1.29 is 14.4 Å². The van der Waals surface area contributed by atoms with Gasteiger partial charge >= 0.3 is 5.97 Å². The molecule has 0 saturated heterocycles. The second-order valence-electron chi connectivity index (χ2n) is 3.69. The lowest BCUT2D eigenvalue weighted by Crippen LogP contribution is -2.28. The summed E-state index contributed by atoms with van der Waals surface area (Å²) in [5, 5.41) is 12.3. The minimum absolute atomic E-state index is 0.161. The Labute approximate surface area is 86.9 Å². The molecule has 1 aliphatic rings. The van der Waals surface area contributed by atoms with E-state index in [0.29, 0.717) is 25.0 Å². The van der Waals surface area contributed by atoms with Gasteiger partial charge in [-0.15, -0.1) is 0 Å². The summed E-state index contributed by atoms with van der Waals surface area (Å²) in [4.78, 5) is 16.5.